The zero-order valence-electron chi connectivity index (χ0n) is 7.58. The highest BCUT2D eigenvalue weighted by Crippen LogP contribution is 2.22. The van der Waals surface area contributed by atoms with Crippen molar-refractivity contribution in [3.05, 3.63) is 40.7 Å². The van der Waals surface area contributed by atoms with Gasteiger partial charge in [-0.1, -0.05) is 18.2 Å². The maximum absolute atomic E-state index is 10.6. The summed E-state index contributed by atoms with van der Waals surface area (Å²) in [7, 11) is 0. The minimum absolute atomic E-state index is 0.0286. The molecule has 2 rings (SSSR count). The molecule has 4 nitrogen and oxygen atoms in total. The van der Waals surface area contributed by atoms with Gasteiger partial charge in [0.15, 0.2) is 0 Å². The Labute approximate surface area is 89.8 Å². The fraction of sp³-hybridized carbons (Fsp3) is 0. The minimum Gasteiger partial charge on any atom is -0.476 e. The molecule has 0 aliphatic carbocycles. The van der Waals surface area contributed by atoms with E-state index in [0.29, 0.717) is 11.6 Å². The van der Waals surface area contributed by atoms with Gasteiger partial charge in [-0.3, -0.25) is 0 Å². The third-order valence-corrected chi connectivity index (χ3v) is 2.44. The average molecular weight is 221 g/mol. The summed E-state index contributed by atoms with van der Waals surface area (Å²) in [5, 5.41) is 10.3. The first-order valence-electron chi connectivity index (χ1n) is 4.17. The van der Waals surface area contributed by atoms with Gasteiger partial charge < -0.3 is 9.84 Å². The molecule has 5 heteroatoms. The molecule has 0 saturated heterocycles. The van der Waals surface area contributed by atoms with Crippen LogP contribution in [-0.4, -0.2) is 16.1 Å². The lowest BCUT2D eigenvalue weighted by atomic mass is 10.3. The lowest BCUT2D eigenvalue weighted by Gasteiger charge is -1.99. The van der Waals surface area contributed by atoms with E-state index in [-0.39, 0.29) is 5.01 Å². The largest absolute Gasteiger partial charge is 0.476 e. The second-order valence-electron chi connectivity index (χ2n) is 2.71. The number of benzene rings is 1. The first-order valence-corrected chi connectivity index (χ1v) is 5.05. The molecule has 0 aliphatic heterocycles. The molecular weight excluding hydrogens is 214 g/mol. The Kier molecular flexibility index (Phi) is 2.64. The SMILES string of the molecule is O=C(O)c1nc(Oc2ccccc2)cs1. The fourth-order valence-corrected chi connectivity index (χ4v) is 1.57. The molecule has 1 heterocycles. The predicted octanol–water partition coefficient (Wildman–Crippen LogP) is 2.63. The smallest absolute Gasteiger partial charge is 0.365 e. The van der Waals surface area contributed by atoms with E-state index >= 15 is 0 Å². The van der Waals surface area contributed by atoms with Crippen LogP contribution in [0.25, 0.3) is 0 Å². The van der Waals surface area contributed by atoms with Gasteiger partial charge in [0.05, 0.1) is 5.38 Å². The number of hydrogen-bond donors (Lipinski definition) is 1. The van der Waals surface area contributed by atoms with Gasteiger partial charge in [0.1, 0.15) is 5.75 Å². The molecule has 0 fully saturated rings. The molecule has 0 radical (unpaired) electrons. The highest BCUT2D eigenvalue weighted by Gasteiger charge is 2.09. The zero-order chi connectivity index (χ0) is 10.7. The summed E-state index contributed by atoms with van der Waals surface area (Å²) in [4.78, 5) is 14.4. The zero-order valence-corrected chi connectivity index (χ0v) is 8.40. The van der Waals surface area contributed by atoms with Crippen LogP contribution < -0.4 is 4.74 Å². The van der Waals surface area contributed by atoms with Crippen molar-refractivity contribution in [1.29, 1.82) is 0 Å². The number of aromatic nitrogens is 1. The summed E-state index contributed by atoms with van der Waals surface area (Å²) in [6, 6.07) is 9.09. The Bertz CT molecular complexity index is 467. The summed E-state index contributed by atoms with van der Waals surface area (Å²) in [5.41, 5.74) is 0. The van der Waals surface area contributed by atoms with E-state index in [1.165, 1.54) is 0 Å². The number of carbonyl (C=O) groups is 1. The van der Waals surface area contributed by atoms with Crippen molar-refractivity contribution >= 4 is 17.3 Å². The molecule has 0 aliphatic rings. The topological polar surface area (TPSA) is 59.4 Å². The molecule has 1 N–H and O–H groups in total. The summed E-state index contributed by atoms with van der Waals surface area (Å²) in [6.45, 7) is 0. The molecule has 1 aromatic heterocycles. The number of carboxylic acids is 1. The van der Waals surface area contributed by atoms with Crippen LogP contribution in [0.2, 0.25) is 0 Å². The third kappa shape index (κ3) is 2.32. The summed E-state index contributed by atoms with van der Waals surface area (Å²) < 4.78 is 5.35. The molecule has 76 valence electrons. The van der Waals surface area contributed by atoms with E-state index in [0.717, 1.165) is 11.3 Å². The van der Waals surface area contributed by atoms with Crippen molar-refractivity contribution in [3.8, 4) is 11.6 Å². The number of rotatable bonds is 3. The Morgan fingerprint density at radius 3 is 2.67 bits per heavy atom. The Morgan fingerprint density at radius 1 is 1.33 bits per heavy atom. The molecule has 0 saturated carbocycles. The molecule has 0 unspecified atom stereocenters. The van der Waals surface area contributed by atoms with Crippen LogP contribution in [0, 0.1) is 0 Å². The van der Waals surface area contributed by atoms with Crippen LogP contribution in [0.1, 0.15) is 9.80 Å². The first-order chi connectivity index (χ1) is 7.25. The lowest BCUT2D eigenvalue weighted by Crippen LogP contribution is -1.94. The molecule has 0 bridgehead atoms. The van der Waals surface area contributed by atoms with Gasteiger partial charge in [0, 0.05) is 0 Å². The number of thiazole rings is 1. The average Bonchev–Trinajstić information content (AvgIpc) is 2.68. The van der Waals surface area contributed by atoms with Crippen LogP contribution in [0.4, 0.5) is 0 Å². The number of para-hydroxylation sites is 1. The summed E-state index contributed by atoms with van der Waals surface area (Å²) >= 11 is 1.04. The van der Waals surface area contributed by atoms with Crippen LogP contribution in [-0.2, 0) is 0 Å². The number of carboxylic acid groups (broad SMARTS) is 1. The second kappa shape index (κ2) is 4.10. The van der Waals surface area contributed by atoms with Crippen molar-refractivity contribution in [2.45, 2.75) is 0 Å². The number of nitrogens with zero attached hydrogens (tertiary/aromatic N) is 1. The van der Waals surface area contributed by atoms with E-state index in [1.54, 1.807) is 17.5 Å². The van der Waals surface area contributed by atoms with Crippen LogP contribution in [0.15, 0.2) is 35.7 Å². The van der Waals surface area contributed by atoms with Crippen molar-refractivity contribution in [2.24, 2.45) is 0 Å². The van der Waals surface area contributed by atoms with Gasteiger partial charge in [0.2, 0.25) is 10.9 Å². The van der Waals surface area contributed by atoms with Gasteiger partial charge >= 0.3 is 5.97 Å². The summed E-state index contributed by atoms with van der Waals surface area (Å²) in [6.07, 6.45) is 0. The summed E-state index contributed by atoms with van der Waals surface area (Å²) in [5.74, 6) is -0.0914. The van der Waals surface area contributed by atoms with Gasteiger partial charge in [-0.25, -0.2) is 4.79 Å². The quantitative estimate of drug-likeness (QED) is 0.865. The van der Waals surface area contributed by atoms with Gasteiger partial charge in [-0.2, -0.15) is 4.98 Å². The normalized spacial score (nSPS) is 9.87. The first kappa shape index (κ1) is 9.67. The van der Waals surface area contributed by atoms with Gasteiger partial charge in [0.25, 0.3) is 0 Å². The Hall–Kier alpha value is -1.88. The maximum Gasteiger partial charge on any atom is 0.365 e. The molecule has 0 amide bonds. The van der Waals surface area contributed by atoms with Gasteiger partial charge in [-0.15, -0.1) is 11.3 Å². The fourth-order valence-electron chi connectivity index (χ4n) is 1.01. The molecule has 0 atom stereocenters. The van der Waals surface area contributed by atoms with E-state index in [4.69, 9.17) is 9.84 Å². The predicted molar refractivity (Wildman–Crippen MR) is 55.6 cm³/mol. The standard InChI is InChI=1S/C10H7NO3S/c12-10(13)9-11-8(6-15-9)14-7-4-2-1-3-5-7/h1-6H,(H,12,13). The van der Waals surface area contributed by atoms with E-state index in [2.05, 4.69) is 4.98 Å². The molecule has 0 spiro atoms. The van der Waals surface area contributed by atoms with Crippen LogP contribution in [0.3, 0.4) is 0 Å². The minimum atomic E-state index is -1.04. The maximum atomic E-state index is 10.6. The second-order valence-corrected chi connectivity index (χ2v) is 3.57. The molecule has 1 aromatic carbocycles. The van der Waals surface area contributed by atoms with Crippen LogP contribution in [0.5, 0.6) is 11.6 Å². The van der Waals surface area contributed by atoms with Crippen molar-refractivity contribution in [3.63, 3.8) is 0 Å². The number of aromatic carboxylic acids is 1. The van der Waals surface area contributed by atoms with E-state index in [1.807, 2.05) is 18.2 Å². The Balaban J connectivity index is 2.15. The molecule has 15 heavy (non-hydrogen) atoms. The number of ether oxygens (including phenoxy) is 1. The van der Waals surface area contributed by atoms with Crippen molar-refractivity contribution in [1.82, 2.24) is 4.98 Å². The van der Waals surface area contributed by atoms with Gasteiger partial charge in [-0.05, 0) is 12.1 Å². The molecule has 2 aromatic rings. The Morgan fingerprint density at radius 2 is 2.07 bits per heavy atom. The van der Waals surface area contributed by atoms with Crippen LogP contribution >= 0.6 is 11.3 Å². The highest BCUT2D eigenvalue weighted by molar-refractivity contribution is 7.11. The molecular formula is C10H7NO3S. The van der Waals surface area contributed by atoms with Crippen molar-refractivity contribution < 1.29 is 14.6 Å². The number of hydrogen-bond acceptors (Lipinski definition) is 4. The third-order valence-electron chi connectivity index (χ3n) is 1.63. The van der Waals surface area contributed by atoms with Crippen molar-refractivity contribution in [2.75, 3.05) is 0 Å². The monoisotopic (exact) mass is 221 g/mol. The van der Waals surface area contributed by atoms with E-state index in [9.17, 15) is 4.79 Å². The van der Waals surface area contributed by atoms with E-state index < -0.39 is 5.97 Å². The highest BCUT2D eigenvalue weighted by atomic mass is 32.1. The lowest BCUT2D eigenvalue weighted by molar-refractivity contribution is 0.0696.